The van der Waals surface area contributed by atoms with Crippen LogP contribution < -0.4 is 11.1 Å². The van der Waals surface area contributed by atoms with Crippen molar-refractivity contribution >= 4 is 23.7 Å². The van der Waals surface area contributed by atoms with Gasteiger partial charge in [-0.15, -0.1) is 0 Å². The van der Waals surface area contributed by atoms with E-state index in [-0.39, 0.29) is 5.91 Å². The van der Waals surface area contributed by atoms with Gasteiger partial charge in [-0.2, -0.15) is 11.8 Å². The van der Waals surface area contributed by atoms with E-state index in [1.165, 1.54) is 4.90 Å². The summed E-state index contributed by atoms with van der Waals surface area (Å²) in [6, 6.07) is -1.31. The number of nitrogens with zero attached hydrogens (tertiary/aromatic N) is 1. The molecule has 6 nitrogen and oxygen atoms in total. The van der Waals surface area contributed by atoms with Gasteiger partial charge in [0.05, 0.1) is 5.60 Å². The van der Waals surface area contributed by atoms with Crippen LogP contribution >= 0.6 is 11.8 Å². The number of nitrogens with one attached hydrogen (secondary N) is 1. The Morgan fingerprint density at radius 1 is 1.45 bits per heavy atom. The molecule has 4 N–H and O–H groups in total. The molecule has 0 heterocycles. The standard InChI is InChI=1S/C13H25N3O3S/c1-16(9-13(19)6-3-4-7-13)11(17)10(5-8-20-2)15-12(14)18/h10,19H,3-9H2,1-2H3,(H3,14,15,18). The fraction of sp³-hybridized carbons (Fsp3) is 0.846. The number of aliphatic hydroxyl groups is 1. The van der Waals surface area contributed by atoms with Crippen molar-refractivity contribution in [3.8, 4) is 0 Å². The molecule has 1 aliphatic rings. The van der Waals surface area contributed by atoms with Crippen LogP contribution in [-0.2, 0) is 4.79 Å². The van der Waals surface area contributed by atoms with Crippen LogP contribution in [0.3, 0.4) is 0 Å². The normalized spacial score (nSPS) is 18.6. The molecule has 0 bridgehead atoms. The van der Waals surface area contributed by atoms with Crippen molar-refractivity contribution in [2.75, 3.05) is 25.6 Å². The molecule has 1 fully saturated rings. The highest BCUT2D eigenvalue weighted by molar-refractivity contribution is 7.98. The second kappa shape index (κ2) is 7.73. The van der Waals surface area contributed by atoms with E-state index in [4.69, 9.17) is 5.73 Å². The van der Waals surface area contributed by atoms with E-state index in [1.54, 1.807) is 18.8 Å². The Morgan fingerprint density at radius 2 is 2.05 bits per heavy atom. The third-order valence-corrected chi connectivity index (χ3v) is 4.31. The van der Waals surface area contributed by atoms with E-state index in [0.717, 1.165) is 31.4 Å². The van der Waals surface area contributed by atoms with Gasteiger partial charge in [0.15, 0.2) is 0 Å². The van der Waals surface area contributed by atoms with E-state index in [2.05, 4.69) is 5.32 Å². The van der Waals surface area contributed by atoms with Gasteiger partial charge >= 0.3 is 6.03 Å². The average Bonchev–Trinajstić information content (AvgIpc) is 2.79. The number of nitrogens with two attached hydrogens (primary N) is 1. The minimum atomic E-state index is -0.777. The van der Waals surface area contributed by atoms with Crippen molar-refractivity contribution in [1.82, 2.24) is 10.2 Å². The molecule has 0 aromatic rings. The van der Waals surface area contributed by atoms with Crippen LogP contribution in [0, 0.1) is 0 Å². The largest absolute Gasteiger partial charge is 0.388 e. The zero-order chi connectivity index (χ0) is 15.2. The summed E-state index contributed by atoms with van der Waals surface area (Å²) in [5, 5.41) is 12.8. The van der Waals surface area contributed by atoms with E-state index in [9.17, 15) is 14.7 Å². The fourth-order valence-electron chi connectivity index (χ4n) is 2.64. The summed E-state index contributed by atoms with van der Waals surface area (Å²) in [5.74, 6) is 0.563. The van der Waals surface area contributed by atoms with Crippen LogP contribution in [0.25, 0.3) is 0 Å². The Kier molecular flexibility index (Phi) is 6.61. The van der Waals surface area contributed by atoms with Crippen molar-refractivity contribution < 1.29 is 14.7 Å². The molecule has 0 aromatic carbocycles. The molecule has 0 radical (unpaired) electrons. The molecule has 1 rings (SSSR count). The van der Waals surface area contributed by atoms with Gasteiger partial charge in [-0.05, 0) is 31.3 Å². The lowest BCUT2D eigenvalue weighted by atomic mass is 10.0. The number of hydrogen-bond donors (Lipinski definition) is 3. The fourth-order valence-corrected chi connectivity index (χ4v) is 3.11. The molecule has 1 saturated carbocycles. The summed E-state index contributed by atoms with van der Waals surface area (Å²) in [6.07, 6.45) is 5.91. The van der Waals surface area contributed by atoms with E-state index < -0.39 is 17.7 Å². The molecule has 0 saturated heterocycles. The Bertz CT molecular complexity index is 346. The zero-order valence-corrected chi connectivity index (χ0v) is 13.0. The maximum absolute atomic E-state index is 12.3. The molecular formula is C13H25N3O3S. The van der Waals surface area contributed by atoms with Crippen molar-refractivity contribution in [2.45, 2.75) is 43.7 Å². The summed E-state index contributed by atoms with van der Waals surface area (Å²) in [7, 11) is 1.66. The smallest absolute Gasteiger partial charge is 0.312 e. The Morgan fingerprint density at radius 3 is 2.55 bits per heavy atom. The molecule has 0 spiro atoms. The lowest BCUT2D eigenvalue weighted by Crippen LogP contribution is -2.52. The Balaban J connectivity index is 2.59. The molecule has 7 heteroatoms. The third-order valence-electron chi connectivity index (χ3n) is 3.67. The van der Waals surface area contributed by atoms with Crippen LogP contribution in [0.5, 0.6) is 0 Å². The Labute approximate surface area is 124 Å². The molecule has 20 heavy (non-hydrogen) atoms. The number of amides is 3. The van der Waals surface area contributed by atoms with Gasteiger partial charge in [0, 0.05) is 13.6 Å². The predicted octanol–water partition coefficient (Wildman–Crippen LogP) is 0.540. The molecule has 1 unspecified atom stereocenters. The Hall–Kier alpha value is -0.950. The minimum Gasteiger partial charge on any atom is -0.388 e. The van der Waals surface area contributed by atoms with Crippen molar-refractivity contribution in [1.29, 1.82) is 0 Å². The topological polar surface area (TPSA) is 95.7 Å². The molecule has 116 valence electrons. The number of rotatable bonds is 7. The van der Waals surface area contributed by atoms with Crippen LogP contribution in [0.2, 0.25) is 0 Å². The predicted molar refractivity (Wildman–Crippen MR) is 80.6 cm³/mol. The zero-order valence-electron chi connectivity index (χ0n) is 12.2. The molecule has 3 amide bonds. The lowest BCUT2D eigenvalue weighted by molar-refractivity contribution is -0.135. The van der Waals surface area contributed by atoms with Crippen molar-refractivity contribution in [3.05, 3.63) is 0 Å². The van der Waals surface area contributed by atoms with Gasteiger partial charge in [-0.3, -0.25) is 4.79 Å². The van der Waals surface area contributed by atoms with Gasteiger partial charge in [0.1, 0.15) is 6.04 Å². The molecule has 1 aliphatic carbocycles. The first-order valence-electron chi connectivity index (χ1n) is 6.90. The van der Waals surface area contributed by atoms with Crippen LogP contribution in [0.4, 0.5) is 4.79 Å². The maximum atomic E-state index is 12.3. The van der Waals surface area contributed by atoms with Gasteiger partial charge in [-0.25, -0.2) is 4.79 Å². The van der Waals surface area contributed by atoms with Crippen LogP contribution in [0.1, 0.15) is 32.1 Å². The van der Waals surface area contributed by atoms with Gasteiger partial charge in [-0.1, -0.05) is 12.8 Å². The van der Waals surface area contributed by atoms with Gasteiger partial charge < -0.3 is 21.1 Å². The summed E-state index contributed by atoms with van der Waals surface area (Å²) >= 11 is 1.61. The number of hydrogen-bond acceptors (Lipinski definition) is 4. The van der Waals surface area contributed by atoms with Gasteiger partial charge in [0.2, 0.25) is 5.91 Å². The third kappa shape index (κ3) is 5.20. The maximum Gasteiger partial charge on any atom is 0.312 e. The lowest BCUT2D eigenvalue weighted by Gasteiger charge is -2.31. The summed E-state index contributed by atoms with van der Waals surface area (Å²) in [5.41, 5.74) is 4.34. The highest BCUT2D eigenvalue weighted by atomic mass is 32.2. The average molecular weight is 303 g/mol. The molecule has 0 aromatic heterocycles. The number of likely N-dealkylation sites (N-methyl/N-ethyl adjacent to an activating group) is 1. The van der Waals surface area contributed by atoms with Crippen LogP contribution in [-0.4, -0.2) is 59.2 Å². The number of carbonyl (C=O) groups excluding carboxylic acids is 2. The van der Waals surface area contributed by atoms with E-state index >= 15 is 0 Å². The first-order valence-corrected chi connectivity index (χ1v) is 8.29. The number of primary amides is 1. The molecule has 1 atom stereocenters. The number of thioether (sulfide) groups is 1. The number of carbonyl (C=O) groups is 2. The highest BCUT2D eigenvalue weighted by Gasteiger charge is 2.34. The second-order valence-electron chi connectivity index (χ2n) is 5.47. The first kappa shape index (κ1) is 17.1. The van der Waals surface area contributed by atoms with Crippen molar-refractivity contribution in [2.24, 2.45) is 5.73 Å². The minimum absolute atomic E-state index is 0.196. The van der Waals surface area contributed by atoms with Crippen LogP contribution in [0.15, 0.2) is 0 Å². The van der Waals surface area contributed by atoms with Gasteiger partial charge in [0.25, 0.3) is 0 Å². The molecular weight excluding hydrogens is 278 g/mol. The summed E-state index contributed by atoms with van der Waals surface area (Å²) in [4.78, 5) is 24.8. The van der Waals surface area contributed by atoms with E-state index in [0.29, 0.717) is 13.0 Å². The van der Waals surface area contributed by atoms with Crippen molar-refractivity contribution in [3.63, 3.8) is 0 Å². The monoisotopic (exact) mass is 303 g/mol. The quantitative estimate of drug-likeness (QED) is 0.639. The highest BCUT2D eigenvalue weighted by Crippen LogP contribution is 2.30. The second-order valence-corrected chi connectivity index (χ2v) is 6.45. The SMILES string of the molecule is CSCCC(NC(N)=O)C(=O)N(C)CC1(O)CCCC1. The first-order chi connectivity index (χ1) is 9.38. The summed E-state index contributed by atoms with van der Waals surface area (Å²) in [6.45, 7) is 0.308. The molecule has 0 aliphatic heterocycles. The number of urea groups is 1. The summed E-state index contributed by atoms with van der Waals surface area (Å²) < 4.78 is 0. The van der Waals surface area contributed by atoms with E-state index in [1.807, 2.05) is 6.26 Å².